The maximum absolute atomic E-state index is 5.96. The van der Waals surface area contributed by atoms with Gasteiger partial charge in [0.05, 0.1) is 0 Å². The van der Waals surface area contributed by atoms with Crippen LogP contribution in [0.15, 0.2) is 83.3 Å². The Labute approximate surface area is 164 Å². The molecule has 0 aliphatic heterocycles. The maximum atomic E-state index is 5.96. The summed E-state index contributed by atoms with van der Waals surface area (Å²) in [4.78, 5) is 0. The van der Waals surface area contributed by atoms with Gasteiger partial charge in [0.25, 0.3) is 0 Å². The topological polar surface area (TPSA) is 0 Å². The fraction of sp³-hybridized carbons (Fsp3) is 0.0476. The van der Waals surface area contributed by atoms with E-state index in [1.165, 1.54) is 27.8 Å². The van der Waals surface area contributed by atoms with Crippen LogP contribution in [0.2, 0.25) is 5.02 Å². The summed E-state index contributed by atoms with van der Waals surface area (Å²) in [5.74, 6) is 0. The van der Waals surface area contributed by atoms with Gasteiger partial charge in [-0.3, -0.25) is 0 Å². The summed E-state index contributed by atoms with van der Waals surface area (Å²) in [7, 11) is 0. The molecule has 0 aliphatic carbocycles. The number of rotatable bonds is 4. The molecule has 0 nitrogen and oxygen atoms in total. The molecule has 0 N–H and O–H groups in total. The highest BCUT2D eigenvalue weighted by Crippen LogP contribution is 2.28. The highest BCUT2D eigenvalue weighted by Gasteiger charge is 2.06. The summed E-state index contributed by atoms with van der Waals surface area (Å²) >= 11 is 13.0. The molecule has 0 aliphatic rings. The number of alkyl halides is 1. The predicted octanol–water partition coefficient (Wildman–Crippen LogP) is 7.60. The minimum Gasteiger partial charge on any atom is -0.0883 e. The van der Waals surface area contributed by atoms with E-state index >= 15 is 0 Å². The summed E-state index contributed by atoms with van der Waals surface area (Å²) in [6.07, 6.45) is 2.19. The third-order valence-corrected chi connectivity index (χ3v) is 4.91. The van der Waals surface area contributed by atoms with Gasteiger partial charge in [0, 0.05) is 14.8 Å². The van der Waals surface area contributed by atoms with Gasteiger partial charge in [-0.25, -0.2) is 0 Å². The lowest BCUT2D eigenvalue weighted by Gasteiger charge is -2.10. The van der Waals surface area contributed by atoms with E-state index in [9.17, 15) is 0 Å². The van der Waals surface area contributed by atoms with Gasteiger partial charge in [-0.15, -0.1) is 0 Å². The predicted molar refractivity (Wildman–Crippen MR) is 112 cm³/mol. The van der Waals surface area contributed by atoms with Gasteiger partial charge in [0.15, 0.2) is 0 Å². The van der Waals surface area contributed by atoms with Crippen molar-refractivity contribution in [1.29, 1.82) is 0 Å². The number of benzene rings is 3. The largest absolute Gasteiger partial charge is 0.0883 e. The Hall–Kier alpha value is -1.35. The van der Waals surface area contributed by atoms with Crippen LogP contribution in [0, 0.1) is 0 Å². The van der Waals surface area contributed by atoms with Crippen LogP contribution < -0.4 is 0 Å². The second kappa shape index (κ2) is 8.15. The Morgan fingerprint density at radius 3 is 1.71 bits per heavy atom. The van der Waals surface area contributed by atoms with Gasteiger partial charge >= 0.3 is 0 Å². The highest BCUT2D eigenvalue weighted by atomic mass is 79.9. The quantitative estimate of drug-likeness (QED) is 0.350. The molecule has 24 heavy (non-hydrogen) atoms. The SMILES string of the molecule is Clc1ccc(-c2ccc(/C(=C/CBr)c3ccc(Br)cc3)cc2)cc1. The van der Waals surface area contributed by atoms with Crippen molar-refractivity contribution in [2.75, 3.05) is 5.33 Å². The van der Waals surface area contributed by atoms with E-state index in [-0.39, 0.29) is 0 Å². The standard InChI is InChI=1S/C21H15Br2Cl/c22-14-13-21(18-5-9-19(23)10-6-18)17-3-1-15(2-4-17)16-7-11-20(24)12-8-16/h1-13H,14H2/b21-13-. The third kappa shape index (κ3) is 4.18. The van der Waals surface area contributed by atoms with Crippen LogP contribution in [-0.4, -0.2) is 5.33 Å². The van der Waals surface area contributed by atoms with Crippen LogP contribution in [-0.2, 0) is 0 Å². The first-order chi connectivity index (χ1) is 11.7. The third-order valence-electron chi connectivity index (χ3n) is 3.81. The Morgan fingerprint density at radius 2 is 1.21 bits per heavy atom. The number of hydrogen-bond donors (Lipinski definition) is 0. The lowest BCUT2D eigenvalue weighted by molar-refractivity contribution is 1.51. The van der Waals surface area contributed by atoms with E-state index in [1.54, 1.807) is 0 Å². The van der Waals surface area contributed by atoms with Gasteiger partial charge in [-0.1, -0.05) is 98.1 Å². The average Bonchev–Trinajstić information content (AvgIpc) is 2.62. The molecular weight excluding hydrogens is 447 g/mol. The van der Waals surface area contributed by atoms with Crippen molar-refractivity contribution in [2.45, 2.75) is 0 Å². The molecule has 0 fully saturated rings. The lowest BCUT2D eigenvalue weighted by Crippen LogP contribution is -1.89. The normalized spacial score (nSPS) is 11.5. The van der Waals surface area contributed by atoms with Crippen molar-refractivity contribution >= 4 is 49.0 Å². The molecule has 0 atom stereocenters. The van der Waals surface area contributed by atoms with Crippen LogP contribution in [0.4, 0.5) is 0 Å². The first-order valence-corrected chi connectivity index (χ1v) is 9.85. The first-order valence-electron chi connectivity index (χ1n) is 7.56. The molecule has 0 saturated heterocycles. The number of hydrogen-bond acceptors (Lipinski definition) is 0. The van der Waals surface area contributed by atoms with E-state index in [4.69, 9.17) is 11.6 Å². The van der Waals surface area contributed by atoms with Crippen LogP contribution in [0.1, 0.15) is 11.1 Å². The molecule has 3 rings (SSSR count). The van der Waals surface area contributed by atoms with Crippen molar-refractivity contribution in [3.05, 3.63) is 99.5 Å². The monoisotopic (exact) mass is 460 g/mol. The summed E-state index contributed by atoms with van der Waals surface area (Å²) in [5, 5.41) is 1.57. The molecule has 0 unspecified atom stereocenters. The molecule has 3 aromatic carbocycles. The molecule has 3 heteroatoms. The lowest BCUT2D eigenvalue weighted by atomic mass is 9.95. The zero-order chi connectivity index (χ0) is 16.9. The van der Waals surface area contributed by atoms with Crippen molar-refractivity contribution < 1.29 is 0 Å². The Kier molecular flexibility index (Phi) is 5.94. The Bertz CT molecular complexity index is 833. The van der Waals surface area contributed by atoms with Gasteiger partial charge in [-0.2, -0.15) is 0 Å². The smallest absolute Gasteiger partial charge is 0.0406 e. The fourth-order valence-corrected chi connectivity index (χ4v) is 3.31. The summed E-state index contributed by atoms with van der Waals surface area (Å²) < 4.78 is 1.09. The number of halogens is 3. The second-order valence-electron chi connectivity index (χ2n) is 5.36. The highest BCUT2D eigenvalue weighted by molar-refractivity contribution is 9.10. The maximum Gasteiger partial charge on any atom is 0.0406 e. The van der Waals surface area contributed by atoms with Crippen LogP contribution in [0.25, 0.3) is 16.7 Å². The minimum atomic E-state index is 0.758. The van der Waals surface area contributed by atoms with E-state index in [2.05, 4.69) is 86.5 Å². The molecule has 0 amide bonds. The zero-order valence-electron chi connectivity index (χ0n) is 12.8. The molecule has 0 heterocycles. The molecule has 120 valence electrons. The second-order valence-corrected chi connectivity index (χ2v) is 7.36. The summed E-state index contributed by atoms with van der Waals surface area (Å²) in [6.45, 7) is 0. The summed E-state index contributed by atoms with van der Waals surface area (Å²) in [5.41, 5.74) is 5.98. The van der Waals surface area contributed by atoms with Crippen molar-refractivity contribution in [1.82, 2.24) is 0 Å². The van der Waals surface area contributed by atoms with Gasteiger partial charge in [-0.05, 0) is 52.1 Å². The van der Waals surface area contributed by atoms with Crippen molar-refractivity contribution in [3.63, 3.8) is 0 Å². The summed E-state index contributed by atoms with van der Waals surface area (Å²) in [6, 6.07) is 25.0. The zero-order valence-corrected chi connectivity index (χ0v) is 16.8. The molecular formula is C21H15Br2Cl. The molecule has 0 saturated carbocycles. The molecule has 0 bridgehead atoms. The van der Waals surface area contributed by atoms with Gasteiger partial charge < -0.3 is 0 Å². The molecule has 3 aromatic rings. The first kappa shape index (κ1) is 17.5. The van der Waals surface area contributed by atoms with Crippen LogP contribution in [0.5, 0.6) is 0 Å². The van der Waals surface area contributed by atoms with Crippen molar-refractivity contribution in [2.24, 2.45) is 0 Å². The fourth-order valence-electron chi connectivity index (χ4n) is 2.59. The van der Waals surface area contributed by atoms with Gasteiger partial charge in [0.1, 0.15) is 0 Å². The molecule has 0 aromatic heterocycles. The minimum absolute atomic E-state index is 0.758. The molecule has 0 radical (unpaired) electrons. The van der Waals surface area contributed by atoms with Gasteiger partial charge in [0.2, 0.25) is 0 Å². The van der Waals surface area contributed by atoms with E-state index in [0.717, 1.165) is 14.8 Å². The van der Waals surface area contributed by atoms with E-state index < -0.39 is 0 Å². The molecule has 0 spiro atoms. The average molecular weight is 463 g/mol. The van der Waals surface area contributed by atoms with Crippen molar-refractivity contribution in [3.8, 4) is 11.1 Å². The Balaban J connectivity index is 1.94. The van der Waals surface area contributed by atoms with Crippen LogP contribution >= 0.6 is 43.5 Å². The van der Waals surface area contributed by atoms with E-state index in [1.807, 2.05) is 24.3 Å². The Morgan fingerprint density at radius 1 is 0.750 bits per heavy atom. The van der Waals surface area contributed by atoms with E-state index in [0.29, 0.717) is 0 Å². The van der Waals surface area contributed by atoms with Crippen LogP contribution in [0.3, 0.4) is 0 Å². The number of allylic oxidation sites excluding steroid dienone is 1.